The van der Waals surface area contributed by atoms with E-state index in [0.29, 0.717) is 31.2 Å². The van der Waals surface area contributed by atoms with Crippen LogP contribution in [0.2, 0.25) is 0 Å². The maximum atomic E-state index is 12.5. The molecular weight excluding hydrogens is 320 g/mol. The van der Waals surface area contributed by atoms with Crippen molar-refractivity contribution in [3.8, 4) is 0 Å². The largest absolute Gasteiger partial charge is 0.375 e. The van der Waals surface area contributed by atoms with E-state index in [2.05, 4.69) is 16.2 Å². The molecule has 25 heavy (non-hydrogen) atoms. The molecular formula is C18H24N4O3. The summed E-state index contributed by atoms with van der Waals surface area (Å²) in [7, 11) is 3.95. The number of carbonyl (C=O) groups excluding carboxylic acids is 1. The quantitative estimate of drug-likeness (QED) is 0.825. The zero-order valence-electron chi connectivity index (χ0n) is 14.9. The monoisotopic (exact) mass is 344 g/mol. The van der Waals surface area contributed by atoms with Gasteiger partial charge in [0.05, 0.1) is 18.4 Å². The van der Waals surface area contributed by atoms with Crippen molar-refractivity contribution in [1.82, 2.24) is 15.0 Å². The molecule has 0 N–H and O–H groups in total. The van der Waals surface area contributed by atoms with Crippen molar-refractivity contribution in [2.24, 2.45) is 0 Å². The molecule has 3 rings (SSSR count). The van der Waals surface area contributed by atoms with Crippen LogP contribution in [0.3, 0.4) is 0 Å². The van der Waals surface area contributed by atoms with Crippen molar-refractivity contribution >= 4 is 11.7 Å². The van der Waals surface area contributed by atoms with Gasteiger partial charge in [-0.05, 0) is 37.5 Å². The highest BCUT2D eigenvalue weighted by Crippen LogP contribution is 2.17. The van der Waals surface area contributed by atoms with Crippen LogP contribution in [0.4, 0.5) is 5.82 Å². The molecule has 2 aromatic heterocycles. The summed E-state index contributed by atoms with van der Waals surface area (Å²) in [6.07, 6.45) is 3.60. The average molecular weight is 344 g/mol. The minimum Gasteiger partial charge on any atom is -0.375 e. The Kier molecular flexibility index (Phi) is 5.33. The van der Waals surface area contributed by atoms with E-state index in [1.807, 2.05) is 31.3 Å². The van der Waals surface area contributed by atoms with Crippen LogP contribution in [0.1, 0.15) is 28.2 Å². The summed E-state index contributed by atoms with van der Waals surface area (Å²) in [5, 5.41) is 3.79. The molecule has 0 aromatic carbocycles. The molecule has 7 nitrogen and oxygen atoms in total. The Balaban J connectivity index is 1.57. The number of ether oxygens (including phenoxy) is 1. The van der Waals surface area contributed by atoms with Crippen LogP contribution < -0.4 is 4.90 Å². The summed E-state index contributed by atoms with van der Waals surface area (Å²) >= 11 is 0. The maximum absolute atomic E-state index is 12.5. The lowest BCUT2D eigenvalue weighted by molar-refractivity contribution is -0.0257. The normalized spacial score (nSPS) is 17.6. The molecule has 3 heterocycles. The molecule has 7 heteroatoms. The number of pyridine rings is 1. The van der Waals surface area contributed by atoms with Crippen LogP contribution in [-0.2, 0) is 11.2 Å². The Morgan fingerprint density at radius 2 is 2.24 bits per heavy atom. The molecule has 2 aromatic rings. The second kappa shape index (κ2) is 7.65. The lowest BCUT2D eigenvalue weighted by Crippen LogP contribution is -2.45. The molecule has 0 spiro atoms. The van der Waals surface area contributed by atoms with Gasteiger partial charge in [0.25, 0.3) is 5.91 Å². The van der Waals surface area contributed by atoms with E-state index in [-0.39, 0.29) is 12.0 Å². The lowest BCUT2D eigenvalue weighted by atomic mass is 10.1. The summed E-state index contributed by atoms with van der Waals surface area (Å²) in [5.41, 5.74) is 1.93. The summed E-state index contributed by atoms with van der Waals surface area (Å²) in [6, 6.07) is 5.78. The van der Waals surface area contributed by atoms with Crippen LogP contribution in [0.5, 0.6) is 0 Å². The van der Waals surface area contributed by atoms with Crippen molar-refractivity contribution in [3.63, 3.8) is 0 Å². The molecule has 0 aliphatic carbocycles. The van der Waals surface area contributed by atoms with Gasteiger partial charge < -0.3 is 19.1 Å². The number of hydrogen-bond donors (Lipinski definition) is 0. The number of morpholine rings is 1. The van der Waals surface area contributed by atoms with Gasteiger partial charge in [0.2, 0.25) is 5.76 Å². The van der Waals surface area contributed by atoms with Gasteiger partial charge in [0.1, 0.15) is 5.82 Å². The van der Waals surface area contributed by atoms with Crippen LogP contribution in [0, 0.1) is 6.92 Å². The number of aryl methyl sites for hydroxylation is 2. The third-order valence-corrected chi connectivity index (χ3v) is 4.29. The fourth-order valence-electron chi connectivity index (χ4n) is 2.89. The van der Waals surface area contributed by atoms with Gasteiger partial charge in [-0.2, -0.15) is 0 Å². The fraction of sp³-hybridized carbons (Fsp3) is 0.500. The molecule has 1 saturated heterocycles. The maximum Gasteiger partial charge on any atom is 0.292 e. The van der Waals surface area contributed by atoms with Gasteiger partial charge >= 0.3 is 0 Å². The molecule has 0 unspecified atom stereocenters. The van der Waals surface area contributed by atoms with Gasteiger partial charge in [0, 0.05) is 39.4 Å². The number of rotatable bonds is 5. The first-order valence-electron chi connectivity index (χ1n) is 8.49. The van der Waals surface area contributed by atoms with Crippen molar-refractivity contribution < 1.29 is 14.1 Å². The standard InChI is InChI=1S/C18H24N4O3/c1-13-10-16(25-20-13)18(23)22-8-9-24-15(12-22)5-4-14-6-7-19-17(11-14)21(2)3/h6-7,10-11,15H,4-5,8-9,12H2,1-3H3/t15-/m0/s1. The molecule has 0 saturated carbocycles. The highest BCUT2D eigenvalue weighted by atomic mass is 16.5. The first-order valence-corrected chi connectivity index (χ1v) is 8.49. The van der Waals surface area contributed by atoms with E-state index in [9.17, 15) is 4.79 Å². The second-order valence-corrected chi connectivity index (χ2v) is 6.53. The van der Waals surface area contributed by atoms with Crippen molar-refractivity contribution in [1.29, 1.82) is 0 Å². The Morgan fingerprint density at radius 1 is 1.40 bits per heavy atom. The van der Waals surface area contributed by atoms with Crippen LogP contribution in [0.25, 0.3) is 0 Å². The van der Waals surface area contributed by atoms with E-state index in [1.54, 1.807) is 17.9 Å². The zero-order valence-corrected chi connectivity index (χ0v) is 14.9. The number of hydrogen-bond acceptors (Lipinski definition) is 6. The highest BCUT2D eigenvalue weighted by molar-refractivity contribution is 5.91. The van der Waals surface area contributed by atoms with E-state index in [4.69, 9.17) is 9.26 Å². The zero-order chi connectivity index (χ0) is 17.8. The molecule has 1 fully saturated rings. The molecule has 0 radical (unpaired) electrons. The number of aromatic nitrogens is 2. The molecule has 1 aliphatic heterocycles. The summed E-state index contributed by atoms with van der Waals surface area (Å²) in [6.45, 7) is 3.50. The molecule has 1 aliphatic rings. The fourth-order valence-corrected chi connectivity index (χ4v) is 2.89. The SMILES string of the molecule is Cc1cc(C(=O)N2CCO[C@@H](CCc3ccnc(N(C)C)c3)C2)on1. The highest BCUT2D eigenvalue weighted by Gasteiger charge is 2.27. The number of anilines is 1. The third-order valence-electron chi connectivity index (χ3n) is 4.29. The predicted molar refractivity (Wildman–Crippen MR) is 93.8 cm³/mol. The van der Waals surface area contributed by atoms with E-state index in [1.165, 1.54) is 5.56 Å². The summed E-state index contributed by atoms with van der Waals surface area (Å²) in [5.74, 6) is 1.12. The Morgan fingerprint density at radius 3 is 2.96 bits per heavy atom. The van der Waals surface area contributed by atoms with Gasteiger partial charge in [0.15, 0.2) is 0 Å². The van der Waals surface area contributed by atoms with E-state index < -0.39 is 0 Å². The van der Waals surface area contributed by atoms with Crippen LogP contribution in [0.15, 0.2) is 28.9 Å². The number of amides is 1. The second-order valence-electron chi connectivity index (χ2n) is 6.53. The first-order chi connectivity index (χ1) is 12.0. The third kappa shape index (κ3) is 4.36. The summed E-state index contributed by atoms with van der Waals surface area (Å²) < 4.78 is 10.9. The first kappa shape index (κ1) is 17.4. The van der Waals surface area contributed by atoms with Gasteiger partial charge in [-0.1, -0.05) is 5.16 Å². The van der Waals surface area contributed by atoms with Gasteiger partial charge in [-0.25, -0.2) is 4.98 Å². The molecule has 1 amide bonds. The Bertz CT molecular complexity index is 729. The topological polar surface area (TPSA) is 71.7 Å². The molecule has 1 atom stereocenters. The van der Waals surface area contributed by atoms with Gasteiger partial charge in [-0.3, -0.25) is 4.79 Å². The van der Waals surface area contributed by atoms with E-state index in [0.717, 1.165) is 18.7 Å². The predicted octanol–water partition coefficient (Wildman–Crippen LogP) is 1.92. The minimum atomic E-state index is -0.118. The van der Waals surface area contributed by atoms with E-state index >= 15 is 0 Å². The number of nitrogens with zero attached hydrogens (tertiary/aromatic N) is 4. The number of carbonyl (C=O) groups is 1. The smallest absolute Gasteiger partial charge is 0.292 e. The lowest BCUT2D eigenvalue weighted by Gasteiger charge is -2.32. The summed E-state index contributed by atoms with van der Waals surface area (Å²) in [4.78, 5) is 20.6. The van der Waals surface area contributed by atoms with Crippen LogP contribution in [-0.4, -0.2) is 60.8 Å². The minimum absolute atomic E-state index is 0.0256. The Hall–Kier alpha value is -2.41. The molecule has 134 valence electrons. The molecule has 0 bridgehead atoms. The van der Waals surface area contributed by atoms with Crippen molar-refractivity contribution in [2.75, 3.05) is 38.7 Å². The van der Waals surface area contributed by atoms with Crippen LogP contribution >= 0.6 is 0 Å². The van der Waals surface area contributed by atoms with Crippen molar-refractivity contribution in [2.45, 2.75) is 25.9 Å². The van der Waals surface area contributed by atoms with Crippen molar-refractivity contribution in [3.05, 3.63) is 41.4 Å². The van der Waals surface area contributed by atoms with Gasteiger partial charge in [-0.15, -0.1) is 0 Å². The Labute approximate surface area is 147 Å². The average Bonchev–Trinajstić information content (AvgIpc) is 3.06.